The molecule has 0 spiro atoms. The Bertz CT molecular complexity index is 637. The second-order valence-corrected chi connectivity index (χ2v) is 7.92. The molecule has 1 unspecified atom stereocenters. The van der Waals surface area contributed by atoms with E-state index in [0.29, 0.717) is 30.0 Å². The smallest absolute Gasteiger partial charge is 0.200 e. The van der Waals surface area contributed by atoms with Crippen molar-refractivity contribution in [3.8, 4) is 17.2 Å². The highest BCUT2D eigenvalue weighted by Gasteiger charge is 2.23. The van der Waals surface area contributed by atoms with Crippen molar-refractivity contribution >= 4 is 29.9 Å². The van der Waals surface area contributed by atoms with Crippen LogP contribution < -0.4 is 20.1 Å². The van der Waals surface area contributed by atoms with Gasteiger partial charge in [0.2, 0.25) is 5.75 Å². The standard InChI is InChI=1S/C22H38N4O3.HI/c1-16(2)18(26-10-8-6-7-9-11-26)15-25-22(23-3)24-14-17-12-19(28-4)21(27)20(13-17)29-5;/h12-13,16,18,27H,6-11,14-15H2,1-5H3,(H2,23,24,25);1H. The number of hydrogen-bond acceptors (Lipinski definition) is 5. The Morgan fingerprint density at radius 2 is 1.63 bits per heavy atom. The molecule has 1 saturated heterocycles. The van der Waals surface area contributed by atoms with Crippen molar-refractivity contribution in [2.45, 2.75) is 52.1 Å². The number of benzene rings is 1. The van der Waals surface area contributed by atoms with Gasteiger partial charge in [-0.3, -0.25) is 9.89 Å². The van der Waals surface area contributed by atoms with Gasteiger partial charge in [-0.15, -0.1) is 24.0 Å². The van der Waals surface area contributed by atoms with Gasteiger partial charge in [0.15, 0.2) is 17.5 Å². The number of nitrogens with one attached hydrogen (secondary N) is 2. The summed E-state index contributed by atoms with van der Waals surface area (Å²) >= 11 is 0. The minimum absolute atomic E-state index is 0. The Morgan fingerprint density at radius 3 is 2.10 bits per heavy atom. The number of likely N-dealkylation sites (tertiary alicyclic amines) is 1. The van der Waals surface area contributed by atoms with E-state index in [4.69, 9.17) is 9.47 Å². The third-order valence-electron chi connectivity index (χ3n) is 5.58. The largest absolute Gasteiger partial charge is 0.502 e. The van der Waals surface area contributed by atoms with Gasteiger partial charge in [-0.2, -0.15) is 0 Å². The molecule has 0 amide bonds. The van der Waals surface area contributed by atoms with E-state index in [2.05, 4.69) is 34.4 Å². The van der Waals surface area contributed by atoms with Gasteiger partial charge in [0.25, 0.3) is 0 Å². The fraction of sp³-hybridized carbons (Fsp3) is 0.682. The summed E-state index contributed by atoms with van der Waals surface area (Å²) in [5.74, 6) is 2.13. The third kappa shape index (κ3) is 7.68. The number of guanidine groups is 1. The molecule has 0 saturated carbocycles. The monoisotopic (exact) mass is 534 g/mol. The predicted molar refractivity (Wildman–Crippen MR) is 133 cm³/mol. The Balaban J connectivity index is 0.00000450. The number of ether oxygens (including phenoxy) is 2. The molecule has 30 heavy (non-hydrogen) atoms. The van der Waals surface area contributed by atoms with E-state index in [1.54, 1.807) is 19.2 Å². The maximum Gasteiger partial charge on any atom is 0.200 e. The third-order valence-corrected chi connectivity index (χ3v) is 5.58. The van der Waals surface area contributed by atoms with Crippen LogP contribution in [0.3, 0.4) is 0 Å². The van der Waals surface area contributed by atoms with E-state index >= 15 is 0 Å². The Hall–Kier alpha value is -1.42. The number of rotatable bonds is 8. The predicted octanol–water partition coefficient (Wildman–Crippen LogP) is 3.59. The van der Waals surface area contributed by atoms with Crippen molar-refractivity contribution < 1.29 is 14.6 Å². The molecule has 0 bridgehead atoms. The lowest BCUT2D eigenvalue weighted by Crippen LogP contribution is -2.49. The van der Waals surface area contributed by atoms with E-state index in [9.17, 15) is 5.11 Å². The summed E-state index contributed by atoms with van der Waals surface area (Å²) in [7, 11) is 4.84. The molecule has 0 aromatic heterocycles. The Morgan fingerprint density at radius 1 is 1.07 bits per heavy atom. The molecule has 7 nitrogen and oxygen atoms in total. The van der Waals surface area contributed by atoms with E-state index < -0.39 is 0 Å². The number of halogens is 1. The molecule has 1 aromatic carbocycles. The van der Waals surface area contributed by atoms with Crippen molar-refractivity contribution in [1.82, 2.24) is 15.5 Å². The molecule has 1 atom stereocenters. The van der Waals surface area contributed by atoms with Crippen LogP contribution in [0.1, 0.15) is 45.1 Å². The summed E-state index contributed by atoms with van der Waals surface area (Å²) in [6, 6.07) is 4.08. The first-order chi connectivity index (χ1) is 14.0. The van der Waals surface area contributed by atoms with Crippen molar-refractivity contribution in [2.24, 2.45) is 10.9 Å². The van der Waals surface area contributed by atoms with Gasteiger partial charge in [0, 0.05) is 26.2 Å². The van der Waals surface area contributed by atoms with Gasteiger partial charge < -0.3 is 25.2 Å². The quantitative estimate of drug-likeness (QED) is 0.269. The summed E-state index contributed by atoms with van der Waals surface area (Å²) in [6.07, 6.45) is 5.27. The van der Waals surface area contributed by atoms with Crippen LogP contribution in [0.15, 0.2) is 17.1 Å². The average Bonchev–Trinajstić information content (AvgIpc) is 3.00. The van der Waals surface area contributed by atoms with Crippen molar-refractivity contribution in [3.63, 3.8) is 0 Å². The van der Waals surface area contributed by atoms with Crippen LogP contribution in [0.25, 0.3) is 0 Å². The molecule has 1 fully saturated rings. The minimum Gasteiger partial charge on any atom is -0.502 e. The lowest BCUT2D eigenvalue weighted by atomic mass is 10.0. The van der Waals surface area contributed by atoms with Crippen LogP contribution in [0.5, 0.6) is 17.2 Å². The molecule has 172 valence electrons. The zero-order chi connectivity index (χ0) is 21.2. The van der Waals surface area contributed by atoms with Crippen LogP contribution in [0.2, 0.25) is 0 Å². The SMILES string of the molecule is CN=C(NCc1cc(OC)c(O)c(OC)c1)NCC(C(C)C)N1CCCCCC1.I. The lowest BCUT2D eigenvalue weighted by Gasteiger charge is -2.34. The molecular formula is C22H39IN4O3. The maximum absolute atomic E-state index is 10.1. The first-order valence-corrected chi connectivity index (χ1v) is 10.6. The van der Waals surface area contributed by atoms with Gasteiger partial charge in [-0.1, -0.05) is 26.7 Å². The van der Waals surface area contributed by atoms with Crippen LogP contribution in [0, 0.1) is 5.92 Å². The zero-order valence-corrected chi connectivity index (χ0v) is 21.4. The van der Waals surface area contributed by atoms with Gasteiger partial charge >= 0.3 is 0 Å². The second-order valence-electron chi connectivity index (χ2n) is 7.92. The Labute approximate surface area is 198 Å². The molecule has 0 aliphatic carbocycles. The summed E-state index contributed by atoms with van der Waals surface area (Å²) in [5.41, 5.74) is 0.937. The van der Waals surface area contributed by atoms with Gasteiger partial charge in [-0.25, -0.2) is 0 Å². The number of nitrogens with zero attached hydrogens (tertiary/aromatic N) is 2. The highest BCUT2D eigenvalue weighted by atomic mass is 127. The normalized spacial score (nSPS) is 16.4. The van der Waals surface area contributed by atoms with Gasteiger partial charge in [0.1, 0.15) is 0 Å². The molecule has 1 aromatic rings. The summed E-state index contributed by atoms with van der Waals surface area (Å²) < 4.78 is 10.5. The highest BCUT2D eigenvalue weighted by molar-refractivity contribution is 14.0. The molecule has 1 aliphatic heterocycles. The molecule has 0 radical (unpaired) electrons. The summed E-state index contributed by atoms with van der Waals surface area (Å²) in [4.78, 5) is 7.00. The first kappa shape index (κ1) is 26.6. The fourth-order valence-electron chi connectivity index (χ4n) is 3.87. The molecule has 1 heterocycles. The zero-order valence-electron chi connectivity index (χ0n) is 19.0. The summed E-state index contributed by atoms with van der Waals surface area (Å²) in [5, 5.41) is 16.9. The van der Waals surface area contributed by atoms with Gasteiger partial charge in [-0.05, 0) is 49.5 Å². The maximum atomic E-state index is 10.1. The number of phenols is 1. The number of aliphatic imine (C=N–C) groups is 1. The topological polar surface area (TPSA) is 78.4 Å². The van der Waals surface area contributed by atoms with Crippen molar-refractivity contribution in [2.75, 3.05) is 40.9 Å². The van der Waals surface area contributed by atoms with Crippen molar-refractivity contribution in [3.05, 3.63) is 17.7 Å². The average molecular weight is 534 g/mol. The highest BCUT2D eigenvalue weighted by Crippen LogP contribution is 2.37. The molecule has 3 N–H and O–H groups in total. The van der Waals surface area contributed by atoms with E-state index in [1.807, 2.05) is 0 Å². The number of hydrogen-bond donors (Lipinski definition) is 3. The first-order valence-electron chi connectivity index (χ1n) is 10.6. The number of methoxy groups -OCH3 is 2. The lowest BCUT2D eigenvalue weighted by molar-refractivity contribution is 0.161. The number of phenolic OH excluding ortho intramolecular Hbond substituents is 1. The Kier molecular flexibility index (Phi) is 12.2. The molecule has 2 rings (SSSR count). The molecule has 1 aliphatic rings. The summed E-state index contributed by atoms with van der Waals surface area (Å²) in [6.45, 7) is 8.36. The molecule has 8 heteroatoms. The van der Waals surface area contributed by atoms with Gasteiger partial charge in [0.05, 0.1) is 14.2 Å². The van der Waals surface area contributed by atoms with E-state index in [-0.39, 0.29) is 29.7 Å². The van der Waals surface area contributed by atoms with Crippen molar-refractivity contribution in [1.29, 1.82) is 0 Å². The van der Waals surface area contributed by atoms with E-state index in [1.165, 1.54) is 53.0 Å². The van der Waals surface area contributed by atoms with E-state index in [0.717, 1.165) is 18.1 Å². The second kappa shape index (κ2) is 13.8. The number of aromatic hydroxyl groups is 1. The fourth-order valence-corrected chi connectivity index (χ4v) is 3.87. The minimum atomic E-state index is 0. The van der Waals surface area contributed by atoms with Crippen LogP contribution in [-0.2, 0) is 6.54 Å². The van der Waals surface area contributed by atoms with Crippen LogP contribution >= 0.6 is 24.0 Å². The van der Waals surface area contributed by atoms with Crippen LogP contribution in [0.4, 0.5) is 0 Å². The van der Waals surface area contributed by atoms with Crippen LogP contribution in [-0.4, -0.2) is 62.9 Å². The molecular weight excluding hydrogens is 495 g/mol.